The summed E-state index contributed by atoms with van der Waals surface area (Å²) in [7, 11) is 1.65. The summed E-state index contributed by atoms with van der Waals surface area (Å²) in [4.78, 5) is 19.4. The molecule has 0 bridgehead atoms. The third-order valence-corrected chi connectivity index (χ3v) is 5.39. The quantitative estimate of drug-likeness (QED) is 0.602. The van der Waals surface area contributed by atoms with E-state index in [2.05, 4.69) is 27.3 Å². The average molecular weight is 421 g/mol. The molecule has 2 aromatic carbocycles. The van der Waals surface area contributed by atoms with Crippen LogP contribution in [-0.4, -0.2) is 55.7 Å². The first-order valence-corrected chi connectivity index (χ1v) is 10.4. The van der Waals surface area contributed by atoms with Gasteiger partial charge in [-0.1, -0.05) is 30.3 Å². The number of methoxy groups -OCH3 is 1. The highest BCUT2D eigenvalue weighted by atomic mass is 16.5. The molecule has 31 heavy (non-hydrogen) atoms. The molecular weight excluding hydrogens is 394 g/mol. The predicted octanol–water partition coefficient (Wildman–Crippen LogP) is 3.08. The van der Waals surface area contributed by atoms with Crippen LogP contribution in [0.15, 0.2) is 65.3 Å². The molecule has 1 amide bonds. The first kappa shape index (κ1) is 21.1. The first-order chi connectivity index (χ1) is 15.2. The minimum absolute atomic E-state index is 0.0657. The first-order valence-electron chi connectivity index (χ1n) is 10.4. The van der Waals surface area contributed by atoms with Gasteiger partial charge in [-0.25, -0.2) is 4.98 Å². The Labute approximate surface area is 182 Å². The van der Waals surface area contributed by atoms with E-state index in [0.29, 0.717) is 31.3 Å². The van der Waals surface area contributed by atoms with Crippen molar-refractivity contribution in [2.75, 3.05) is 40.0 Å². The summed E-state index contributed by atoms with van der Waals surface area (Å²) in [5.74, 6) is 1.25. The number of hydrogen-bond acceptors (Lipinski definition) is 6. The number of aromatic nitrogens is 1. The second-order valence-corrected chi connectivity index (χ2v) is 7.43. The van der Waals surface area contributed by atoms with Crippen LogP contribution in [0.3, 0.4) is 0 Å². The zero-order valence-electron chi connectivity index (χ0n) is 17.6. The van der Waals surface area contributed by atoms with E-state index in [0.717, 1.165) is 30.0 Å². The molecule has 162 valence electrons. The highest BCUT2D eigenvalue weighted by Crippen LogP contribution is 2.24. The van der Waals surface area contributed by atoms with Gasteiger partial charge in [-0.2, -0.15) is 0 Å². The number of morpholine rings is 1. The normalized spacial score (nSPS) is 15.4. The van der Waals surface area contributed by atoms with Crippen LogP contribution in [0.5, 0.6) is 5.75 Å². The fraction of sp³-hybridized carbons (Fsp3) is 0.333. The molecule has 1 aromatic heterocycles. The van der Waals surface area contributed by atoms with E-state index in [1.54, 1.807) is 13.4 Å². The lowest BCUT2D eigenvalue weighted by Crippen LogP contribution is -2.44. The molecule has 1 aliphatic heterocycles. The fourth-order valence-corrected chi connectivity index (χ4v) is 3.71. The van der Waals surface area contributed by atoms with Gasteiger partial charge < -0.3 is 19.2 Å². The SMILES string of the molecule is COc1ccc(C(CNC(=O)Cc2coc(-c3ccccc3)n2)N2CCOCC2)cc1. The Morgan fingerprint density at radius 3 is 2.58 bits per heavy atom. The van der Waals surface area contributed by atoms with Gasteiger partial charge in [0.15, 0.2) is 0 Å². The molecule has 7 heteroatoms. The van der Waals surface area contributed by atoms with Crippen molar-refractivity contribution in [3.63, 3.8) is 0 Å². The number of nitrogens with zero attached hydrogens (tertiary/aromatic N) is 2. The molecule has 1 N–H and O–H groups in total. The summed E-state index contributed by atoms with van der Waals surface area (Å²) in [5.41, 5.74) is 2.64. The van der Waals surface area contributed by atoms with E-state index in [4.69, 9.17) is 13.9 Å². The topological polar surface area (TPSA) is 76.8 Å². The Bertz CT molecular complexity index is 966. The van der Waals surface area contributed by atoms with E-state index >= 15 is 0 Å². The van der Waals surface area contributed by atoms with Crippen LogP contribution in [0.1, 0.15) is 17.3 Å². The molecule has 1 unspecified atom stereocenters. The van der Waals surface area contributed by atoms with Crippen molar-refractivity contribution in [2.45, 2.75) is 12.5 Å². The van der Waals surface area contributed by atoms with Crippen LogP contribution in [0.2, 0.25) is 0 Å². The summed E-state index contributed by atoms with van der Waals surface area (Å²) in [6, 6.07) is 17.7. The van der Waals surface area contributed by atoms with E-state index in [-0.39, 0.29) is 18.4 Å². The monoisotopic (exact) mass is 421 g/mol. The van der Waals surface area contributed by atoms with Crippen LogP contribution in [0.25, 0.3) is 11.5 Å². The molecule has 7 nitrogen and oxygen atoms in total. The molecule has 1 aliphatic rings. The Balaban J connectivity index is 1.39. The lowest BCUT2D eigenvalue weighted by Gasteiger charge is -2.35. The Morgan fingerprint density at radius 1 is 1.13 bits per heavy atom. The van der Waals surface area contributed by atoms with Crippen molar-refractivity contribution in [1.82, 2.24) is 15.2 Å². The molecule has 1 fully saturated rings. The number of oxazole rings is 1. The van der Waals surface area contributed by atoms with E-state index in [9.17, 15) is 4.79 Å². The molecule has 0 spiro atoms. The highest BCUT2D eigenvalue weighted by Gasteiger charge is 2.23. The third-order valence-electron chi connectivity index (χ3n) is 5.39. The van der Waals surface area contributed by atoms with Crippen LogP contribution in [0.4, 0.5) is 0 Å². The summed E-state index contributed by atoms with van der Waals surface area (Å²) in [6.45, 7) is 3.56. The van der Waals surface area contributed by atoms with E-state index < -0.39 is 0 Å². The van der Waals surface area contributed by atoms with Crippen molar-refractivity contribution in [3.8, 4) is 17.2 Å². The van der Waals surface area contributed by atoms with Gasteiger partial charge in [0, 0.05) is 25.2 Å². The number of carbonyl (C=O) groups excluding carboxylic acids is 1. The molecule has 0 aliphatic carbocycles. The van der Waals surface area contributed by atoms with Gasteiger partial charge >= 0.3 is 0 Å². The van der Waals surface area contributed by atoms with Gasteiger partial charge in [0.25, 0.3) is 0 Å². The number of rotatable bonds is 8. The van der Waals surface area contributed by atoms with E-state index in [1.807, 2.05) is 42.5 Å². The number of hydrogen-bond donors (Lipinski definition) is 1. The second kappa shape index (κ2) is 10.2. The molecule has 1 atom stereocenters. The Morgan fingerprint density at radius 2 is 1.87 bits per heavy atom. The Kier molecular flexibility index (Phi) is 6.96. The van der Waals surface area contributed by atoms with Crippen molar-refractivity contribution in [2.24, 2.45) is 0 Å². The van der Waals surface area contributed by atoms with Gasteiger partial charge in [-0.05, 0) is 29.8 Å². The minimum atomic E-state index is -0.0836. The van der Waals surface area contributed by atoms with Crippen molar-refractivity contribution >= 4 is 5.91 Å². The number of amides is 1. The molecular formula is C24H27N3O4. The van der Waals surface area contributed by atoms with E-state index in [1.165, 1.54) is 0 Å². The van der Waals surface area contributed by atoms with Crippen LogP contribution < -0.4 is 10.1 Å². The van der Waals surface area contributed by atoms with Crippen LogP contribution >= 0.6 is 0 Å². The van der Waals surface area contributed by atoms with Crippen molar-refractivity contribution in [1.29, 1.82) is 0 Å². The standard InChI is InChI=1S/C24H27N3O4/c1-29-21-9-7-18(8-10-21)22(27-11-13-30-14-12-27)16-25-23(28)15-20-17-31-24(26-20)19-5-3-2-4-6-19/h2-10,17,22H,11-16H2,1H3,(H,25,28). The van der Waals surface area contributed by atoms with Gasteiger partial charge in [0.05, 0.1) is 38.5 Å². The maximum Gasteiger partial charge on any atom is 0.226 e. The van der Waals surface area contributed by atoms with Gasteiger partial charge in [-0.3, -0.25) is 9.69 Å². The maximum atomic E-state index is 12.6. The summed E-state index contributed by atoms with van der Waals surface area (Å²) in [5, 5.41) is 3.07. The molecule has 1 saturated heterocycles. The summed E-state index contributed by atoms with van der Waals surface area (Å²) in [6.07, 6.45) is 1.72. The largest absolute Gasteiger partial charge is 0.497 e. The molecule has 0 saturated carbocycles. The predicted molar refractivity (Wildman–Crippen MR) is 117 cm³/mol. The third kappa shape index (κ3) is 5.51. The molecule has 2 heterocycles. The molecule has 4 rings (SSSR count). The van der Waals surface area contributed by atoms with Gasteiger partial charge in [0.1, 0.15) is 12.0 Å². The number of ether oxygens (including phenoxy) is 2. The molecule has 3 aromatic rings. The zero-order chi connectivity index (χ0) is 21.5. The van der Waals surface area contributed by atoms with Gasteiger partial charge in [0.2, 0.25) is 11.8 Å². The highest BCUT2D eigenvalue weighted by molar-refractivity contribution is 5.78. The van der Waals surface area contributed by atoms with Crippen LogP contribution in [-0.2, 0) is 16.0 Å². The minimum Gasteiger partial charge on any atom is -0.497 e. The fourth-order valence-electron chi connectivity index (χ4n) is 3.71. The second-order valence-electron chi connectivity index (χ2n) is 7.43. The average Bonchev–Trinajstić information content (AvgIpc) is 3.29. The smallest absolute Gasteiger partial charge is 0.226 e. The maximum absolute atomic E-state index is 12.6. The molecule has 0 radical (unpaired) electrons. The lowest BCUT2D eigenvalue weighted by atomic mass is 10.0. The summed E-state index contributed by atoms with van der Waals surface area (Å²) < 4.78 is 16.3. The Hall–Kier alpha value is -3.16. The zero-order valence-corrected chi connectivity index (χ0v) is 17.6. The van der Waals surface area contributed by atoms with Crippen molar-refractivity contribution < 1.29 is 18.7 Å². The number of benzene rings is 2. The summed E-state index contributed by atoms with van der Waals surface area (Å²) >= 11 is 0. The van der Waals surface area contributed by atoms with Gasteiger partial charge in [-0.15, -0.1) is 0 Å². The number of nitrogens with one attached hydrogen (secondary N) is 1. The van der Waals surface area contributed by atoms with Crippen molar-refractivity contribution in [3.05, 3.63) is 72.1 Å². The van der Waals surface area contributed by atoms with Crippen LogP contribution in [0, 0.1) is 0 Å². The lowest BCUT2D eigenvalue weighted by molar-refractivity contribution is -0.120. The number of carbonyl (C=O) groups is 1.